The second kappa shape index (κ2) is 5.14. The van der Waals surface area contributed by atoms with Gasteiger partial charge in [0.25, 0.3) is 0 Å². The standard InChI is InChI=1S/C14H20N6O/c21-14-17-16-12-5-6-13(18-20(12)14)19(11-3-4-11)9-10-2-1-7-15-8-10/h5-6,10-11,15H,1-4,7-9H2,(H,17,21). The van der Waals surface area contributed by atoms with Crippen LogP contribution in [0.25, 0.3) is 5.65 Å². The molecule has 1 saturated carbocycles. The Morgan fingerprint density at radius 1 is 1.33 bits per heavy atom. The summed E-state index contributed by atoms with van der Waals surface area (Å²) in [4.78, 5) is 14.1. The molecule has 7 nitrogen and oxygen atoms in total. The molecule has 2 aromatic heterocycles. The molecule has 2 aromatic rings. The number of aromatic nitrogens is 4. The van der Waals surface area contributed by atoms with Crippen LogP contribution in [0.15, 0.2) is 16.9 Å². The summed E-state index contributed by atoms with van der Waals surface area (Å²) in [5, 5.41) is 14.3. The number of nitrogens with zero attached hydrogens (tertiary/aromatic N) is 4. The van der Waals surface area contributed by atoms with Gasteiger partial charge in [0.2, 0.25) is 0 Å². The predicted molar refractivity (Wildman–Crippen MR) is 79.6 cm³/mol. The SMILES string of the molecule is O=c1[nH]nc2ccc(N(CC3CCCNC3)C3CC3)nn12. The van der Waals surface area contributed by atoms with Crippen molar-refractivity contribution in [2.75, 3.05) is 24.5 Å². The zero-order valence-corrected chi connectivity index (χ0v) is 12.0. The molecule has 1 aliphatic heterocycles. The van der Waals surface area contributed by atoms with Crippen LogP contribution in [0.2, 0.25) is 0 Å². The Balaban J connectivity index is 1.62. The number of hydrogen-bond acceptors (Lipinski definition) is 5. The third-order valence-corrected chi connectivity index (χ3v) is 4.40. The summed E-state index contributed by atoms with van der Waals surface area (Å²) in [6.07, 6.45) is 4.96. The molecular weight excluding hydrogens is 268 g/mol. The highest BCUT2D eigenvalue weighted by atomic mass is 16.2. The van der Waals surface area contributed by atoms with Gasteiger partial charge in [0.1, 0.15) is 5.82 Å². The second-order valence-electron chi connectivity index (χ2n) is 6.09. The summed E-state index contributed by atoms with van der Waals surface area (Å²) in [6, 6.07) is 4.42. The number of H-pyrrole nitrogens is 1. The lowest BCUT2D eigenvalue weighted by molar-refractivity contribution is 0.375. The number of aromatic amines is 1. The van der Waals surface area contributed by atoms with Crippen LogP contribution in [0.5, 0.6) is 0 Å². The minimum atomic E-state index is -0.276. The predicted octanol–water partition coefficient (Wildman–Crippen LogP) is 0.386. The Hall–Kier alpha value is -1.89. The van der Waals surface area contributed by atoms with Gasteiger partial charge in [0.15, 0.2) is 5.65 Å². The molecule has 2 N–H and O–H groups in total. The molecule has 1 unspecified atom stereocenters. The molecule has 1 atom stereocenters. The van der Waals surface area contributed by atoms with Crippen LogP contribution in [0.4, 0.5) is 5.82 Å². The Morgan fingerprint density at radius 3 is 3.00 bits per heavy atom. The van der Waals surface area contributed by atoms with Crippen LogP contribution in [0, 0.1) is 5.92 Å². The molecular formula is C14H20N6O. The van der Waals surface area contributed by atoms with E-state index in [9.17, 15) is 4.79 Å². The van der Waals surface area contributed by atoms with E-state index >= 15 is 0 Å². The van der Waals surface area contributed by atoms with Crippen LogP contribution in [0.3, 0.4) is 0 Å². The van der Waals surface area contributed by atoms with Crippen LogP contribution >= 0.6 is 0 Å². The van der Waals surface area contributed by atoms with Gasteiger partial charge in [-0.25, -0.2) is 9.89 Å². The Kier molecular flexibility index (Phi) is 3.14. The summed E-state index contributed by atoms with van der Waals surface area (Å²) in [7, 11) is 0. The molecule has 1 saturated heterocycles. The minimum absolute atomic E-state index is 0.276. The largest absolute Gasteiger partial charge is 0.364 e. The molecule has 2 fully saturated rings. The van der Waals surface area contributed by atoms with Crippen molar-refractivity contribution in [2.24, 2.45) is 5.92 Å². The van der Waals surface area contributed by atoms with Gasteiger partial charge in [-0.3, -0.25) is 0 Å². The molecule has 0 bridgehead atoms. The first-order valence-corrected chi connectivity index (χ1v) is 7.73. The maximum absolute atomic E-state index is 11.7. The molecule has 112 valence electrons. The van der Waals surface area contributed by atoms with E-state index in [0.29, 0.717) is 17.6 Å². The quantitative estimate of drug-likeness (QED) is 0.851. The van der Waals surface area contributed by atoms with Crippen molar-refractivity contribution in [3.63, 3.8) is 0 Å². The minimum Gasteiger partial charge on any atom is -0.352 e. The van der Waals surface area contributed by atoms with E-state index in [1.807, 2.05) is 12.1 Å². The number of anilines is 1. The van der Waals surface area contributed by atoms with Gasteiger partial charge >= 0.3 is 5.69 Å². The first kappa shape index (κ1) is 12.8. The highest BCUT2D eigenvalue weighted by Gasteiger charge is 2.32. The first-order valence-electron chi connectivity index (χ1n) is 7.73. The van der Waals surface area contributed by atoms with Crippen molar-refractivity contribution >= 4 is 11.5 Å². The van der Waals surface area contributed by atoms with E-state index in [-0.39, 0.29) is 5.69 Å². The van der Waals surface area contributed by atoms with Crippen LogP contribution in [-0.2, 0) is 0 Å². The van der Waals surface area contributed by atoms with Gasteiger partial charge in [-0.05, 0) is 56.8 Å². The van der Waals surface area contributed by atoms with Gasteiger partial charge in [-0.15, -0.1) is 5.10 Å². The van der Waals surface area contributed by atoms with Gasteiger partial charge in [-0.2, -0.15) is 9.61 Å². The van der Waals surface area contributed by atoms with E-state index in [0.717, 1.165) is 25.5 Å². The van der Waals surface area contributed by atoms with Gasteiger partial charge < -0.3 is 10.2 Å². The zero-order chi connectivity index (χ0) is 14.2. The van der Waals surface area contributed by atoms with Crippen molar-refractivity contribution in [2.45, 2.75) is 31.7 Å². The fourth-order valence-electron chi connectivity index (χ4n) is 3.12. The maximum Gasteiger partial charge on any atom is 0.364 e. The highest BCUT2D eigenvalue weighted by Crippen LogP contribution is 2.32. The normalized spacial score (nSPS) is 22.6. The molecule has 3 heterocycles. The number of piperidine rings is 1. The molecule has 0 aromatic carbocycles. The molecule has 0 amide bonds. The zero-order valence-electron chi connectivity index (χ0n) is 12.0. The van der Waals surface area contributed by atoms with Crippen molar-refractivity contribution in [1.29, 1.82) is 0 Å². The Morgan fingerprint density at radius 2 is 2.24 bits per heavy atom. The average Bonchev–Trinajstić information content (AvgIpc) is 3.30. The fraction of sp³-hybridized carbons (Fsp3) is 0.643. The van der Waals surface area contributed by atoms with Gasteiger partial charge in [0, 0.05) is 12.6 Å². The average molecular weight is 288 g/mol. The smallest absolute Gasteiger partial charge is 0.352 e. The van der Waals surface area contributed by atoms with E-state index in [1.54, 1.807) is 0 Å². The van der Waals surface area contributed by atoms with E-state index in [4.69, 9.17) is 0 Å². The number of fused-ring (bicyclic) bond motifs is 1. The summed E-state index contributed by atoms with van der Waals surface area (Å²) in [5.74, 6) is 1.55. The van der Waals surface area contributed by atoms with E-state index < -0.39 is 0 Å². The Bertz CT molecular complexity index is 682. The lowest BCUT2D eigenvalue weighted by atomic mass is 9.99. The molecule has 0 spiro atoms. The van der Waals surface area contributed by atoms with Crippen molar-refractivity contribution in [1.82, 2.24) is 25.1 Å². The van der Waals surface area contributed by atoms with E-state index in [1.165, 1.54) is 30.2 Å². The molecule has 4 rings (SSSR count). The monoisotopic (exact) mass is 288 g/mol. The Labute approximate surface area is 122 Å². The van der Waals surface area contributed by atoms with Crippen LogP contribution < -0.4 is 15.9 Å². The number of nitrogens with one attached hydrogen (secondary N) is 2. The molecule has 0 radical (unpaired) electrons. The molecule has 21 heavy (non-hydrogen) atoms. The molecule has 7 heteroatoms. The summed E-state index contributed by atoms with van der Waals surface area (Å²) in [5.41, 5.74) is 0.292. The third kappa shape index (κ3) is 2.53. The van der Waals surface area contributed by atoms with E-state index in [2.05, 4.69) is 25.5 Å². The molecule has 2 aliphatic rings. The lowest BCUT2D eigenvalue weighted by Crippen LogP contribution is -2.40. The number of hydrogen-bond donors (Lipinski definition) is 2. The van der Waals surface area contributed by atoms with Crippen molar-refractivity contribution < 1.29 is 0 Å². The third-order valence-electron chi connectivity index (χ3n) is 4.40. The van der Waals surface area contributed by atoms with Crippen molar-refractivity contribution in [3.8, 4) is 0 Å². The highest BCUT2D eigenvalue weighted by molar-refractivity contribution is 5.46. The van der Waals surface area contributed by atoms with Gasteiger partial charge in [-0.1, -0.05) is 0 Å². The summed E-state index contributed by atoms with van der Waals surface area (Å²) < 4.78 is 1.35. The van der Waals surface area contributed by atoms with Crippen LogP contribution in [0.1, 0.15) is 25.7 Å². The topological polar surface area (TPSA) is 78.3 Å². The van der Waals surface area contributed by atoms with Gasteiger partial charge in [0.05, 0.1) is 0 Å². The van der Waals surface area contributed by atoms with Crippen molar-refractivity contribution in [3.05, 3.63) is 22.6 Å². The summed E-state index contributed by atoms with van der Waals surface area (Å²) >= 11 is 0. The fourth-order valence-corrected chi connectivity index (χ4v) is 3.12. The number of rotatable bonds is 4. The second-order valence-corrected chi connectivity index (χ2v) is 6.09. The van der Waals surface area contributed by atoms with Crippen LogP contribution in [-0.4, -0.2) is 45.5 Å². The lowest BCUT2D eigenvalue weighted by Gasteiger charge is -2.30. The molecule has 1 aliphatic carbocycles. The maximum atomic E-state index is 11.7. The first-order chi connectivity index (χ1) is 10.3. The summed E-state index contributed by atoms with van der Waals surface area (Å²) in [6.45, 7) is 3.23.